The number of thiophene rings is 1. The van der Waals surface area contributed by atoms with Crippen LogP contribution < -0.4 is 10.0 Å². The van der Waals surface area contributed by atoms with Crippen LogP contribution in [0.25, 0.3) is 11.1 Å². The molecule has 0 radical (unpaired) electrons. The number of ether oxygens (including phenoxy) is 1. The van der Waals surface area contributed by atoms with Crippen LogP contribution in [0.2, 0.25) is 0 Å². The molecule has 1 aliphatic rings. The second kappa shape index (κ2) is 14.8. The minimum atomic E-state index is -4.22. The monoisotopic (exact) mass is 577 g/mol. The van der Waals surface area contributed by atoms with Gasteiger partial charge in [-0.05, 0) is 55.2 Å². The number of sulfonamides is 1. The normalized spacial score (nSPS) is 14.4. The van der Waals surface area contributed by atoms with Gasteiger partial charge in [0, 0.05) is 43.6 Å². The van der Waals surface area contributed by atoms with Crippen molar-refractivity contribution in [3.8, 4) is 11.1 Å². The number of anilines is 1. The van der Waals surface area contributed by atoms with Crippen molar-refractivity contribution in [2.75, 3.05) is 31.5 Å². The molecule has 0 spiro atoms. The molecule has 2 amide bonds. The van der Waals surface area contributed by atoms with Crippen molar-refractivity contribution in [2.24, 2.45) is 11.8 Å². The van der Waals surface area contributed by atoms with Gasteiger partial charge in [0.1, 0.15) is 5.00 Å². The van der Waals surface area contributed by atoms with Crippen molar-refractivity contribution >= 4 is 37.5 Å². The van der Waals surface area contributed by atoms with Crippen molar-refractivity contribution in [2.45, 2.75) is 72.3 Å². The molecule has 0 atom stereocenters. The van der Waals surface area contributed by atoms with E-state index >= 15 is 0 Å². The molecular weight excluding hydrogens is 534 g/mol. The van der Waals surface area contributed by atoms with E-state index in [1.807, 2.05) is 35.2 Å². The second-order valence-corrected chi connectivity index (χ2v) is 13.4. The molecule has 8 nitrogen and oxygen atoms in total. The molecule has 1 aromatic carbocycles. The SMILES string of the molecule is CCNC(=O)S(=O)(=O)Nc1sc(CC(C)C)cc1-c1ccc(CN(CCOC)C(=O)CC2CCCCC2)cc1. The van der Waals surface area contributed by atoms with Gasteiger partial charge in [0.2, 0.25) is 5.91 Å². The van der Waals surface area contributed by atoms with Gasteiger partial charge in [-0.2, -0.15) is 8.42 Å². The fourth-order valence-electron chi connectivity index (χ4n) is 4.91. The predicted octanol–water partition coefficient (Wildman–Crippen LogP) is 6.03. The Hall–Kier alpha value is -2.43. The lowest BCUT2D eigenvalue weighted by Gasteiger charge is -2.27. The Bertz CT molecular complexity index is 1190. The summed E-state index contributed by atoms with van der Waals surface area (Å²) >= 11 is 1.35. The predicted molar refractivity (Wildman–Crippen MR) is 158 cm³/mol. The first kappa shape index (κ1) is 31.1. The van der Waals surface area contributed by atoms with Crippen LogP contribution in [0.1, 0.15) is 69.7 Å². The van der Waals surface area contributed by atoms with Crippen LogP contribution in [0.4, 0.5) is 9.80 Å². The number of amides is 2. The van der Waals surface area contributed by atoms with Crippen LogP contribution in [-0.2, 0) is 32.5 Å². The Labute approximate surface area is 237 Å². The van der Waals surface area contributed by atoms with Crippen LogP contribution in [0.15, 0.2) is 30.3 Å². The van der Waals surface area contributed by atoms with Gasteiger partial charge in [0.05, 0.1) is 6.61 Å². The minimum absolute atomic E-state index is 0.168. The first-order chi connectivity index (χ1) is 18.6. The smallest absolute Gasteiger partial charge is 0.357 e. The van der Waals surface area contributed by atoms with Crippen LogP contribution in [-0.4, -0.2) is 51.3 Å². The molecule has 2 N–H and O–H groups in total. The molecule has 1 fully saturated rings. The highest BCUT2D eigenvalue weighted by Crippen LogP contribution is 2.38. The third-order valence-corrected chi connectivity index (χ3v) is 9.24. The first-order valence-electron chi connectivity index (χ1n) is 13.9. The zero-order valence-electron chi connectivity index (χ0n) is 23.6. The molecule has 216 valence electrons. The minimum Gasteiger partial charge on any atom is -0.383 e. The summed E-state index contributed by atoms with van der Waals surface area (Å²) in [7, 11) is -2.58. The van der Waals surface area contributed by atoms with E-state index in [4.69, 9.17) is 4.74 Å². The Morgan fingerprint density at radius 1 is 1.13 bits per heavy atom. The fourth-order valence-corrected chi connectivity index (χ4v) is 7.33. The Balaban J connectivity index is 1.80. The molecule has 1 aliphatic carbocycles. The van der Waals surface area contributed by atoms with Gasteiger partial charge in [0.25, 0.3) is 0 Å². The summed E-state index contributed by atoms with van der Waals surface area (Å²) in [5.41, 5.74) is 2.57. The molecule has 1 heterocycles. The average molecular weight is 578 g/mol. The Kier molecular flexibility index (Phi) is 11.8. The summed E-state index contributed by atoms with van der Waals surface area (Å²) in [5, 5.41) is 1.74. The molecule has 0 bridgehead atoms. The lowest BCUT2D eigenvalue weighted by Crippen LogP contribution is -2.34. The zero-order chi connectivity index (χ0) is 28.4. The first-order valence-corrected chi connectivity index (χ1v) is 16.2. The number of rotatable bonds is 13. The third-order valence-electron chi connectivity index (χ3n) is 6.93. The van der Waals surface area contributed by atoms with Crippen molar-refractivity contribution in [1.29, 1.82) is 0 Å². The van der Waals surface area contributed by atoms with Crippen LogP contribution >= 0.6 is 11.3 Å². The number of methoxy groups -OCH3 is 1. The highest BCUT2D eigenvalue weighted by atomic mass is 32.2. The molecule has 10 heteroatoms. The molecule has 0 saturated heterocycles. The molecular formula is C29H43N3O5S2. The van der Waals surface area contributed by atoms with Crippen LogP contribution in [0.5, 0.6) is 0 Å². The highest BCUT2D eigenvalue weighted by Gasteiger charge is 2.25. The van der Waals surface area contributed by atoms with Gasteiger partial charge in [-0.1, -0.05) is 57.4 Å². The molecule has 2 aromatic rings. The lowest BCUT2D eigenvalue weighted by molar-refractivity contribution is -0.133. The number of benzene rings is 1. The number of nitrogens with one attached hydrogen (secondary N) is 2. The molecule has 1 saturated carbocycles. The van der Waals surface area contributed by atoms with E-state index in [2.05, 4.69) is 23.9 Å². The summed E-state index contributed by atoms with van der Waals surface area (Å²) in [5.74, 6) is 1.04. The second-order valence-electron chi connectivity index (χ2n) is 10.7. The van der Waals surface area contributed by atoms with Crippen molar-refractivity contribution in [3.63, 3.8) is 0 Å². The van der Waals surface area contributed by atoms with Gasteiger partial charge in [-0.15, -0.1) is 11.3 Å². The highest BCUT2D eigenvalue weighted by molar-refractivity contribution is 8.07. The number of nitrogens with zero attached hydrogens (tertiary/aromatic N) is 1. The molecule has 0 unspecified atom stereocenters. The summed E-state index contributed by atoms with van der Waals surface area (Å²) in [6.45, 7) is 7.63. The fraction of sp³-hybridized carbons (Fsp3) is 0.586. The molecule has 0 aliphatic heterocycles. The maximum Gasteiger partial charge on any atom is 0.357 e. The van der Waals surface area contributed by atoms with E-state index in [1.54, 1.807) is 14.0 Å². The lowest BCUT2D eigenvalue weighted by atomic mass is 9.86. The Morgan fingerprint density at radius 2 is 1.82 bits per heavy atom. The number of hydrogen-bond acceptors (Lipinski definition) is 6. The standard InChI is InChI=1S/C29H43N3O5S2/c1-5-30-29(34)39(35,36)31-28-26(19-25(38-28)17-21(2)3)24-13-11-23(12-14-24)20-32(15-16-37-4)27(33)18-22-9-7-6-8-10-22/h11-14,19,21-22,31H,5-10,15-18,20H2,1-4H3,(H,30,34). The molecule has 3 rings (SSSR count). The number of carbonyl (C=O) groups is 2. The van der Waals surface area contributed by atoms with Crippen molar-refractivity contribution in [3.05, 3.63) is 40.8 Å². The maximum atomic E-state index is 13.2. The molecule has 39 heavy (non-hydrogen) atoms. The van der Waals surface area contributed by atoms with Crippen LogP contribution in [0, 0.1) is 11.8 Å². The van der Waals surface area contributed by atoms with Gasteiger partial charge < -0.3 is 15.0 Å². The van der Waals surface area contributed by atoms with Gasteiger partial charge in [-0.3, -0.25) is 14.3 Å². The summed E-state index contributed by atoms with van der Waals surface area (Å²) in [6.07, 6.45) is 7.33. The van der Waals surface area contributed by atoms with E-state index in [1.165, 1.54) is 30.6 Å². The van der Waals surface area contributed by atoms with E-state index in [0.717, 1.165) is 40.8 Å². The van der Waals surface area contributed by atoms with Gasteiger partial charge >= 0.3 is 15.3 Å². The van der Waals surface area contributed by atoms with Crippen molar-refractivity contribution in [1.82, 2.24) is 10.2 Å². The summed E-state index contributed by atoms with van der Waals surface area (Å²) in [4.78, 5) is 28.2. The molecule has 1 aromatic heterocycles. The largest absolute Gasteiger partial charge is 0.383 e. The van der Waals surface area contributed by atoms with E-state index in [9.17, 15) is 18.0 Å². The zero-order valence-corrected chi connectivity index (χ0v) is 25.3. The third kappa shape index (κ3) is 9.32. The summed E-state index contributed by atoms with van der Waals surface area (Å²) < 4.78 is 33.0. The average Bonchev–Trinajstić information content (AvgIpc) is 3.28. The number of hydrogen-bond donors (Lipinski definition) is 2. The topological polar surface area (TPSA) is 105 Å². The maximum absolute atomic E-state index is 13.2. The van der Waals surface area contributed by atoms with E-state index in [-0.39, 0.29) is 12.5 Å². The summed E-state index contributed by atoms with van der Waals surface area (Å²) in [6, 6.07) is 9.84. The number of carbonyl (C=O) groups excluding carboxylic acids is 2. The quantitative estimate of drug-likeness (QED) is 0.302. The Morgan fingerprint density at radius 3 is 2.44 bits per heavy atom. The van der Waals surface area contributed by atoms with Crippen molar-refractivity contribution < 1.29 is 22.7 Å². The van der Waals surface area contributed by atoms with Gasteiger partial charge in [0.15, 0.2) is 0 Å². The van der Waals surface area contributed by atoms with Gasteiger partial charge in [-0.25, -0.2) is 0 Å². The van der Waals surface area contributed by atoms with Crippen LogP contribution in [0.3, 0.4) is 0 Å². The van der Waals surface area contributed by atoms with E-state index < -0.39 is 15.3 Å². The van der Waals surface area contributed by atoms with E-state index in [0.29, 0.717) is 43.0 Å².